The molecule has 2 N–H and O–H groups in total. The van der Waals surface area contributed by atoms with Gasteiger partial charge in [-0.25, -0.2) is 0 Å². The second-order valence-corrected chi connectivity index (χ2v) is 6.17. The number of hydrogen-bond donors (Lipinski definition) is 1. The van der Waals surface area contributed by atoms with E-state index in [2.05, 4.69) is 6.92 Å². The van der Waals surface area contributed by atoms with Gasteiger partial charge >= 0.3 is 0 Å². The highest BCUT2D eigenvalue weighted by molar-refractivity contribution is 5.48. The summed E-state index contributed by atoms with van der Waals surface area (Å²) in [4.78, 5) is 0. The van der Waals surface area contributed by atoms with E-state index in [4.69, 9.17) is 15.2 Å². The van der Waals surface area contributed by atoms with Gasteiger partial charge in [-0.05, 0) is 44.2 Å². The number of rotatable bonds is 3. The Bertz CT molecular complexity index is 466. The third-order valence-corrected chi connectivity index (χ3v) is 4.54. The first-order chi connectivity index (χ1) is 9.74. The van der Waals surface area contributed by atoms with Crippen molar-refractivity contribution < 1.29 is 9.47 Å². The molecule has 3 rings (SSSR count). The van der Waals surface area contributed by atoms with Crippen LogP contribution in [-0.2, 0) is 0 Å². The van der Waals surface area contributed by atoms with Crippen LogP contribution in [0.25, 0.3) is 0 Å². The minimum absolute atomic E-state index is 0.0198. The summed E-state index contributed by atoms with van der Waals surface area (Å²) in [7, 11) is 0. The molecule has 1 aliphatic heterocycles. The zero-order chi connectivity index (χ0) is 14.0. The van der Waals surface area contributed by atoms with Gasteiger partial charge in [0, 0.05) is 12.5 Å². The van der Waals surface area contributed by atoms with Crippen molar-refractivity contribution in [1.82, 2.24) is 0 Å². The van der Waals surface area contributed by atoms with Gasteiger partial charge in [-0.3, -0.25) is 0 Å². The number of benzene rings is 1. The lowest BCUT2D eigenvalue weighted by Gasteiger charge is -2.44. The molecule has 110 valence electrons. The summed E-state index contributed by atoms with van der Waals surface area (Å²) in [5, 5.41) is 0. The standard InChI is InChI=1S/C17H25NO2/c1-2-11-19-14-7-6-8-15-16(14)13(18)12-17(20-15)9-4-3-5-10-17/h6-8,13H,2-5,9-12,18H2,1H3. The van der Waals surface area contributed by atoms with Crippen molar-refractivity contribution in [3.63, 3.8) is 0 Å². The second-order valence-electron chi connectivity index (χ2n) is 6.17. The van der Waals surface area contributed by atoms with E-state index < -0.39 is 0 Å². The molecule has 1 aromatic carbocycles. The average molecular weight is 275 g/mol. The molecule has 1 heterocycles. The first-order valence-corrected chi connectivity index (χ1v) is 7.94. The molecule has 0 saturated heterocycles. The lowest BCUT2D eigenvalue weighted by Crippen LogP contribution is -2.44. The second kappa shape index (κ2) is 5.65. The van der Waals surface area contributed by atoms with Crippen LogP contribution in [0.15, 0.2) is 18.2 Å². The molecule has 3 heteroatoms. The van der Waals surface area contributed by atoms with Crippen LogP contribution in [0.3, 0.4) is 0 Å². The predicted octanol–water partition coefficient (Wildman–Crippen LogP) is 3.96. The molecule has 20 heavy (non-hydrogen) atoms. The van der Waals surface area contributed by atoms with E-state index in [0.29, 0.717) is 0 Å². The Labute approximate surface area is 121 Å². The maximum Gasteiger partial charge on any atom is 0.128 e. The van der Waals surface area contributed by atoms with E-state index in [1.165, 1.54) is 19.3 Å². The van der Waals surface area contributed by atoms with Crippen molar-refractivity contribution in [3.8, 4) is 11.5 Å². The molecule has 0 bridgehead atoms. The monoisotopic (exact) mass is 275 g/mol. The molecule has 3 nitrogen and oxygen atoms in total. The minimum Gasteiger partial charge on any atom is -0.493 e. The van der Waals surface area contributed by atoms with Gasteiger partial charge in [0.15, 0.2) is 0 Å². The lowest BCUT2D eigenvalue weighted by molar-refractivity contribution is 0.00113. The van der Waals surface area contributed by atoms with Crippen molar-refractivity contribution >= 4 is 0 Å². The van der Waals surface area contributed by atoms with Crippen LogP contribution < -0.4 is 15.2 Å². The molecule has 1 aromatic rings. The van der Waals surface area contributed by atoms with Crippen molar-refractivity contribution in [2.24, 2.45) is 5.73 Å². The average Bonchev–Trinajstić information content (AvgIpc) is 2.45. The molecule has 1 saturated carbocycles. The molecule has 2 aliphatic rings. The zero-order valence-electron chi connectivity index (χ0n) is 12.4. The van der Waals surface area contributed by atoms with Gasteiger partial charge < -0.3 is 15.2 Å². The summed E-state index contributed by atoms with van der Waals surface area (Å²) >= 11 is 0. The Morgan fingerprint density at radius 3 is 2.85 bits per heavy atom. The summed E-state index contributed by atoms with van der Waals surface area (Å²) in [6, 6.07) is 6.10. The van der Waals surface area contributed by atoms with Crippen molar-refractivity contribution in [1.29, 1.82) is 0 Å². The maximum absolute atomic E-state index is 6.46. The van der Waals surface area contributed by atoms with Crippen LogP contribution in [-0.4, -0.2) is 12.2 Å². The molecular weight excluding hydrogens is 250 g/mol. The van der Waals surface area contributed by atoms with Gasteiger partial charge in [0.25, 0.3) is 0 Å². The van der Waals surface area contributed by atoms with Gasteiger partial charge in [-0.15, -0.1) is 0 Å². The summed E-state index contributed by atoms with van der Waals surface area (Å²) in [5.74, 6) is 1.85. The van der Waals surface area contributed by atoms with Gasteiger partial charge in [0.05, 0.1) is 12.2 Å². The predicted molar refractivity (Wildman–Crippen MR) is 80.2 cm³/mol. The molecule has 0 radical (unpaired) electrons. The number of hydrogen-bond acceptors (Lipinski definition) is 3. The van der Waals surface area contributed by atoms with Crippen molar-refractivity contribution in [3.05, 3.63) is 23.8 Å². The van der Waals surface area contributed by atoms with E-state index in [1.807, 2.05) is 18.2 Å². The highest BCUT2D eigenvalue weighted by Gasteiger charge is 2.41. The SMILES string of the molecule is CCCOc1cccc2c1C(N)CC1(CCCCC1)O2. The third-order valence-electron chi connectivity index (χ3n) is 4.54. The van der Waals surface area contributed by atoms with Crippen molar-refractivity contribution in [2.45, 2.75) is 63.5 Å². The number of ether oxygens (including phenoxy) is 2. The van der Waals surface area contributed by atoms with Crippen LogP contribution in [0, 0.1) is 0 Å². The van der Waals surface area contributed by atoms with Crippen LogP contribution >= 0.6 is 0 Å². The van der Waals surface area contributed by atoms with Gasteiger partial charge in [0.2, 0.25) is 0 Å². The normalized spacial score (nSPS) is 24.0. The van der Waals surface area contributed by atoms with E-state index in [9.17, 15) is 0 Å². The molecule has 0 amide bonds. The summed E-state index contributed by atoms with van der Waals surface area (Å²) < 4.78 is 12.2. The Morgan fingerprint density at radius 1 is 1.30 bits per heavy atom. The van der Waals surface area contributed by atoms with Crippen LogP contribution in [0.2, 0.25) is 0 Å². The summed E-state index contributed by atoms with van der Waals surface area (Å²) in [5.41, 5.74) is 7.51. The fourth-order valence-electron chi connectivity index (χ4n) is 3.60. The van der Waals surface area contributed by atoms with E-state index in [0.717, 1.165) is 49.4 Å². The maximum atomic E-state index is 6.46. The fourth-order valence-corrected chi connectivity index (χ4v) is 3.60. The Kier molecular flexibility index (Phi) is 3.88. The van der Waals surface area contributed by atoms with Crippen molar-refractivity contribution in [2.75, 3.05) is 6.61 Å². The summed E-state index contributed by atoms with van der Waals surface area (Å²) in [6.45, 7) is 2.84. The molecule has 1 unspecified atom stereocenters. The minimum atomic E-state index is -0.0198. The van der Waals surface area contributed by atoms with E-state index in [1.54, 1.807) is 0 Å². The van der Waals surface area contributed by atoms with E-state index >= 15 is 0 Å². The summed E-state index contributed by atoms with van der Waals surface area (Å²) in [6.07, 6.45) is 8.05. The largest absolute Gasteiger partial charge is 0.493 e. The van der Waals surface area contributed by atoms with E-state index in [-0.39, 0.29) is 11.6 Å². The highest BCUT2D eigenvalue weighted by atomic mass is 16.5. The molecular formula is C17H25NO2. The van der Waals surface area contributed by atoms with Crippen LogP contribution in [0.4, 0.5) is 0 Å². The van der Waals surface area contributed by atoms with Gasteiger partial charge in [-0.1, -0.05) is 19.4 Å². The quantitative estimate of drug-likeness (QED) is 0.908. The fraction of sp³-hybridized carbons (Fsp3) is 0.647. The first-order valence-electron chi connectivity index (χ1n) is 7.94. The van der Waals surface area contributed by atoms with Gasteiger partial charge in [0.1, 0.15) is 17.1 Å². The topological polar surface area (TPSA) is 44.5 Å². The highest BCUT2D eigenvalue weighted by Crippen LogP contribution is 2.48. The Morgan fingerprint density at radius 2 is 2.10 bits per heavy atom. The third kappa shape index (κ3) is 2.51. The zero-order valence-corrected chi connectivity index (χ0v) is 12.4. The Hall–Kier alpha value is -1.22. The van der Waals surface area contributed by atoms with Crippen LogP contribution in [0.5, 0.6) is 11.5 Å². The Balaban J connectivity index is 1.89. The van der Waals surface area contributed by atoms with Gasteiger partial charge in [-0.2, -0.15) is 0 Å². The molecule has 1 spiro atoms. The van der Waals surface area contributed by atoms with Crippen LogP contribution in [0.1, 0.15) is 63.5 Å². The first kappa shape index (κ1) is 13.7. The number of nitrogens with two attached hydrogens (primary N) is 1. The number of fused-ring (bicyclic) bond motifs is 1. The smallest absolute Gasteiger partial charge is 0.128 e. The molecule has 1 aliphatic carbocycles. The molecule has 1 atom stereocenters. The lowest BCUT2D eigenvalue weighted by atomic mass is 9.77. The molecule has 1 fully saturated rings. The molecule has 0 aromatic heterocycles.